The van der Waals surface area contributed by atoms with Crippen molar-refractivity contribution in [3.63, 3.8) is 0 Å². The number of hydrogen-bond acceptors (Lipinski definition) is 2. The minimum atomic E-state index is 0.167. The monoisotopic (exact) mass is 339 g/mol. The van der Waals surface area contributed by atoms with Crippen molar-refractivity contribution in [2.45, 2.75) is 13.0 Å². The molecule has 4 heteroatoms. The van der Waals surface area contributed by atoms with Gasteiger partial charge in [-0.05, 0) is 40.5 Å². The molecule has 1 atom stereocenters. The minimum Gasteiger partial charge on any atom is -0.493 e. The number of methoxy groups -OCH3 is 1. The maximum Gasteiger partial charge on any atom is 0.156 e. The largest absolute Gasteiger partial charge is 0.493 e. The zero-order valence-electron chi connectivity index (χ0n) is 10.8. The van der Waals surface area contributed by atoms with Crippen molar-refractivity contribution < 1.29 is 4.74 Å². The van der Waals surface area contributed by atoms with E-state index in [2.05, 4.69) is 40.3 Å². The van der Waals surface area contributed by atoms with Gasteiger partial charge in [-0.1, -0.05) is 41.9 Å². The van der Waals surface area contributed by atoms with Crippen LogP contribution >= 0.6 is 27.5 Å². The van der Waals surface area contributed by atoms with Crippen LogP contribution in [0.3, 0.4) is 0 Å². The fraction of sp³-hybridized carbons (Fsp3) is 0.200. The second kappa shape index (κ2) is 6.31. The van der Waals surface area contributed by atoms with E-state index in [0.29, 0.717) is 5.02 Å². The van der Waals surface area contributed by atoms with E-state index in [1.165, 1.54) is 5.56 Å². The van der Waals surface area contributed by atoms with E-state index in [0.717, 1.165) is 15.9 Å². The van der Waals surface area contributed by atoms with Gasteiger partial charge in [0.1, 0.15) is 0 Å². The summed E-state index contributed by atoms with van der Waals surface area (Å²) in [5.41, 5.74) is 2.08. The van der Waals surface area contributed by atoms with Crippen molar-refractivity contribution in [1.29, 1.82) is 0 Å². The molecule has 2 aromatic rings. The van der Waals surface area contributed by atoms with Gasteiger partial charge in [0.05, 0.1) is 17.3 Å². The maximum absolute atomic E-state index is 6.08. The predicted molar refractivity (Wildman–Crippen MR) is 84.2 cm³/mol. The molecule has 1 unspecified atom stereocenters. The number of rotatable bonds is 4. The van der Waals surface area contributed by atoms with Crippen molar-refractivity contribution in [3.05, 3.63) is 57.5 Å². The van der Waals surface area contributed by atoms with Gasteiger partial charge in [-0.2, -0.15) is 0 Å². The van der Waals surface area contributed by atoms with E-state index in [-0.39, 0.29) is 6.04 Å². The summed E-state index contributed by atoms with van der Waals surface area (Å²) < 4.78 is 6.24. The standard InChI is InChI=1S/C15H15BrClNO/c1-10(11-6-4-3-5-7-11)18-14-9-12(17)8-13(16)15(14)19-2/h3-10,18H,1-2H3. The summed E-state index contributed by atoms with van der Waals surface area (Å²) in [5.74, 6) is 0.757. The Morgan fingerprint density at radius 2 is 1.89 bits per heavy atom. The minimum absolute atomic E-state index is 0.167. The van der Waals surface area contributed by atoms with Gasteiger partial charge >= 0.3 is 0 Å². The number of benzene rings is 2. The molecule has 0 amide bonds. The van der Waals surface area contributed by atoms with Crippen LogP contribution in [0.5, 0.6) is 5.75 Å². The van der Waals surface area contributed by atoms with E-state index >= 15 is 0 Å². The van der Waals surface area contributed by atoms with Gasteiger partial charge in [-0.3, -0.25) is 0 Å². The Kier molecular flexibility index (Phi) is 4.72. The Balaban J connectivity index is 2.28. The van der Waals surface area contributed by atoms with E-state index < -0.39 is 0 Å². The molecule has 0 bridgehead atoms. The maximum atomic E-state index is 6.08. The van der Waals surface area contributed by atoms with Crippen LogP contribution in [-0.2, 0) is 0 Å². The summed E-state index contributed by atoms with van der Waals surface area (Å²) in [6.07, 6.45) is 0. The molecule has 0 radical (unpaired) electrons. The topological polar surface area (TPSA) is 21.3 Å². The van der Waals surface area contributed by atoms with Crippen LogP contribution in [0.2, 0.25) is 5.02 Å². The number of halogens is 2. The summed E-state index contributed by atoms with van der Waals surface area (Å²) in [5, 5.41) is 4.08. The molecule has 1 N–H and O–H groups in total. The van der Waals surface area contributed by atoms with Crippen molar-refractivity contribution in [2.75, 3.05) is 12.4 Å². The number of hydrogen-bond donors (Lipinski definition) is 1. The zero-order chi connectivity index (χ0) is 13.8. The molecule has 0 aliphatic carbocycles. The van der Waals surface area contributed by atoms with Crippen molar-refractivity contribution >= 4 is 33.2 Å². The van der Waals surface area contributed by atoms with Gasteiger partial charge in [0.2, 0.25) is 0 Å². The molecule has 2 aromatic carbocycles. The van der Waals surface area contributed by atoms with Gasteiger partial charge in [-0.25, -0.2) is 0 Å². The average Bonchev–Trinajstić information content (AvgIpc) is 2.39. The average molecular weight is 341 g/mol. The van der Waals surface area contributed by atoms with Crippen molar-refractivity contribution in [2.24, 2.45) is 0 Å². The first-order valence-corrected chi connectivity index (χ1v) is 7.13. The quantitative estimate of drug-likeness (QED) is 0.817. The number of ether oxygens (including phenoxy) is 1. The lowest BCUT2D eigenvalue weighted by Gasteiger charge is -2.19. The first-order valence-electron chi connectivity index (χ1n) is 5.96. The van der Waals surface area contributed by atoms with Gasteiger partial charge < -0.3 is 10.1 Å². The van der Waals surface area contributed by atoms with E-state index in [1.807, 2.05) is 30.3 Å². The number of nitrogens with one attached hydrogen (secondary N) is 1. The van der Waals surface area contributed by atoms with E-state index in [1.54, 1.807) is 7.11 Å². The van der Waals surface area contributed by atoms with E-state index in [9.17, 15) is 0 Å². The molecule has 19 heavy (non-hydrogen) atoms. The predicted octanol–water partition coefficient (Wildman–Crippen LogP) is 5.28. The summed E-state index contributed by atoms with van der Waals surface area (Å²) in [6, 6.07) is 14.1. The molecule has 0 saturated carbocycles. The third kappa shape index (κ3) is 3.43. The second-order valence-electron chi connectivity index (χ2n) is 4.25. The summed E-state index contributed by atoms with van der Waals surface area (Å²) in [7, 11) is 1.65. The van der Waals surface area contributed by atoms with Crippen LogP contribution in [-0.4, -0.2) is 7.11 Å². The third-order valence-corrected chi connectivity index (χ3v) is 3.69. The molecule has 0 heterocycles. The molecule has 100 valence electrons. The fourth-order valence-electron chi connectivity index (χ4n) is 1.93. The van der Waals surface area contributed by atoms with Gasteiger partial charge in [0.15, 0.2) is 5.75 Å². The van der Waals surface area contributed by atoms with Crippen LogP contribution in [0.25, 0.3) is 0 Å². The lowest BCUT2D eigenvalue weighted by molar-refractivity contribution is 0.413. The molecule has 0 spiro atoms. The Hall–Kier alpha value is -1.19. The molecular weight excluding hydrogens is 326 g/mol. The molecule has 0 saturated heterocycles. The summed E-state index contributed by atoms with van der Waals surface area (Å²) in [4.78, 5) is 0. The highest BCUT2D eigenvalue weighted by Gasteiger charge is 2.12. The molecule has 0 fully saturated rings. The lowest BCUT2D eigenvalue weighted by atomic mass is 10.1. The molecule has 0 aromatic heterocycles. The molecule has 2 nitrogen and oxygen atoms in total. The van der Waals surface area contributed by atoms with Crippen molar-refractivity contribution in [1.82, 2.24) is 0 Å². The van der Waals surface area contributed by atoms with Crippen LogP contribution in [0.1, 0.15) is 18.5 Å². The van der Waals surface area contributed by atoms with Crippen LogP contribution in [0.15, 0.2) is 46.9 Å². The molecule has 0 aliphatic rings. The molecule has 0 aliphatic heterocycles. The Morgan fingerprint density at radius 3 is 2.53 bits per heavy atom. The fourth-order valence-corrected chi connectivity index (χ4v) is 2.91. The van der Waals surface area contributed by atoms with E-state index in [4.69, 9.17) is 16.3 Å². The smallest absolute Gasteiger partial charge is 0.156 e. The van der Waals surface area contributed by atoms with Crippen LogP contribution < -0.4 is 10.1 Å². The molecular formula is C15H15BrClNO. The van der Waals surface area contributed by atoms with Crippen molar-refractivity contribution in [3.8, 4) is 5.75 Å². The normalized spacial score (nSPS) is 12.0. The Morgan fingerprint density at radius 1 is 1.21 bits per heavy atom. The van der Waals surface area contributed by atoms with Gasteiger partial charge in [0, 0.05) is 11.1 Å². The summed E-state index contributed by atoms with van der Waals surface area (Å²) >= 11 is 9.54. The molecule has 2 rings (SSSR count). The van der Waals surface area contributed by atoms with Crippen LogP contribution in [0, 0.1) is 0 Å². The summed E-state index contributed by atoms with van der Waals surface area (Å²) in [6.45, 7) is 2.10. The highest BCUT2D eigenvalue weighted by molar-refractivity contribution is 9.10. The van der Waals surface area contributed by atoms with Crippen LogP contribution in [0.4, 0.5) is 5.69 Å². The van der Waals surface area contributed by atoms with Gasteiger partial charge in [-0.15, -0.1) is 0 Å². The third-order valence-electron chi connectivity index (χ3n) is 2.88. The highest BCUT2D eigenvalue weighted by Crippen LogP contribution is 2.37. The zero-order valence-corrected chi connectivity index (χ0v) is 13.1. The Labute approximate surface area is 126 Å². The number of anilines is 1. The van der Waals surface area contributed by atoms with Gasteiger partial charge in [0.25, 0.3) is 0 Å². The first kappa shape index (κ1) is 14.2. The first-order chi connectivity index (χ1) is 9.11. The second-order valence-corrected chi connectivity index (χ2v) is 5.54. The SMILES string of the molecule is COc1c(Br)cc(Cl)cc1NC(C)c1ccccc1. The Bertz CT molecular complexity index is 560. The highest BCUT2D eigenvalue weighted by atomic mass is 79.9. The lowest BCUT2D eigenvalue weighted by Crippen LogP contribution is -2.07.